The minimum Gasteiger partial charge on any atom is -0.497 e. The maximum atomic E-state index is 5.42. The molecular weight excluding hydrogens is 200 g/mol. The van der Waals surface area contributed by atoms with E-state index in [0.29, 0.717) is 5.92 Å². The van der Waals surface area contributed by atoms with Gasteiger partial charge in [0.05, 0.1) is 14.2 Å². The standard InChI is InChI=1S/C14H22O2/c1-10(14(2,3)4)12-8-7-11(15-5)9-13(12)16-6/h7-10H,1-6H3. The van der Waals surface area contributed by atoms with Crippen molar-refractivity contribution < 1.29 is 9.47 Å². The summed E-state index contributed by atoms with van der Waals surface area (Å²) >= 11 is 0. The van der Waals surface area contributed by atoms with Crippen LogP contribution in [-0.4, -0.2) is 14.2 Å². The van der Waals surface area contributed by atoms with E-state index < -0.39 is 0 Å². The Balaban J connectivity index is 3.14. The van der Waals surface area contributed by atoms with Gasteiger partial charge in [-0.2, -0.15) is 0 Å². The predicted octanol–water partition coefficient (Wildman–Crippen LogP) is 3.85. The van der Waals surface area contributed by atoms with Gasteiger partial charge in [-0.05, 0) is 23.0 Å². The van der Waals surface area contributed by atoms with Gasteiger partial charge in [0.2, 0.25) is 0 Å². The molecule has 2 heteroatoms. The second kappa shape index (κ2) is 4.77. The van der Waals surface area contributed by atoms with E-state index in [1.807, 2.05) is 12.1 Å². The average Bonchev–Trinajstić information content (AvgIpc) is 2.26. The Hall–Kier alpha value is -1.18. The first-order valence-corrected chi connectivity index (χ1v) is 5.62. The summed E-state index contributed by atoms with van der Waals surface area (Å²) in [5.74, 6) is 2.18. The van der Waals surface area contributed by atoms with E-state index in [1.165, 1.54) is 5.56 Å². The SMILES string of the molecule is COc1ccc(C(C)C(C)(C)C)c(OC)c1. The number of hydrogen-bond donors (Lipinski definition) is 0. The highest BCUT2D eigenvalue weighted by Gasteiger charge is 2.24. The van der Waals surface area contributed by atoms with Gasteiger partial charge in [0.15, 0.2) is 0 Å². The summed E-state index contributed by atoms with van der Waals surface area (Å²) < 4.78 is 10.6. The lowest BCUT2D eigenvalue weighted by Gasteiger charge is -2.29. The highest BCUT2D eigenvalue weighted by atomic mass is 16.5. The first-order chi connectivity index (χ1) is 7.40. The molecule has 0 amide bonds. The first kappa shape index (κ1) is 12.9. The highest BCUT2D eigenvalue weighted by Crippen LogP contribution is 2.40. The number of rotatable bonds is 3. The molecular formula is C14H22O2. The molecule has 0 fully saturated rings. The summed E-state index contributed by atoms with van der Waals surface area (Å²) in [5, 5.41) is 0. The summed E-state index contributed by atoms with van der Waals surface area (Å²) in [5.41, 5.74) is 1.46. The summed E-state index contributed by atoms with van der Waals surface area (Å²) in [7, 11) is 3.37. The molecule has 1 atom stereocenters. The van der Waals surface area contributed by atoms with Crippen molar-refractivity contribution in [3.05, 3.63) is 23.8 Å². The third kappa shape index (κ3) is 2.69. The molecule has 0 aliphatic heterocycles. The molecule has 0 spiro atoms. The van der Waals surface area contributed by atoms with E-state index in [2.05, 4.69) is 33.8 Å². The number of ether oxygens (including phenoxy) is 2. The second-order valence-corrected chi connectivity index (χ2v) is 5.20. The minimum absolute atomic E-state index is 0.224. The predicted molar refractivity (Wildman–Crippen MR) is 67.4 cm³/mol. The second-order valence-electron chi connectivity index (χ2n) is 5.20. The molecule has 0 aromatic heterocycles. The molecule has 1 rings (SSSR count). The average molecular weight is 222 g/mol. The Morgan fingerprint density at radius 2 is 1.69 bits per heavy atom. The molecule has 2 nitrogen and oxygen atoms in total. The van der Waals surface area contributed by atoms with Crippen LogP contribution in [0.3, 0.4) is 0 Å². The smallest absolute Gasteiger partial charge is 0.126 e. The first-order valence-electron chi connectivity index (χ1n) is 5.62. The molecule has 0 saturated heterocycles. The van der Waals surface area contributed by atoms with E-state index in [-0.39, 0.29) is 5.41 Å². The molecule has 0 heterocycles. The molecule has 0 bridgehead atoms. The van der Waals surface area contributed by atoms with Crippen LogP contribution in [0.4, 0.5) is 0 Å². The zero-order valence-corrected chi connectivity index (χ0v) is 11.1. The van der Waals surface area contributed by atoms with Gasteiger partial charge in [0, 0.05) is 6.07 Å². The Bertz CT molecular complexity index is 350. The van der Waals surface area contributed by atoms with Gasteiger partial charge < -0.3 is 9.47 Å². The molecule has 0 aliphatic carbocycles. The van der Waals surface area contributed by atoms with Crippen molar-refractivity contribution in [1.29, 1.82) is 0 Å². The fourth-order valence-corrected chi connectivity index (χ4v) is 1.64. The summed E-state index contributed by atoms with van der Waals surface area (Å²) in [6.07, 6.45) is 0. The van der Waals surface area contributed by atoms with Crippen molar-refractivity contribution >= 4 is 0 Å². The molecule has 90 valence electrons. The summed E-state index contributed by atoms with van der Waals surface area (Å²) in [6.45, 7) is 8.94. The lowest BCUT2D eigenvalue weighted by Crippen LogP contribution is -2.16. The van der Waals surface area contributed by atoms with Gasteiger partial charge in [0.1, 0.15) is 11.5 Å². The topological polar surface area (TPSA) is 18.5 Å². The van der Waals surface area contributed by atoms with Gasteiger partial charge in [-0.3, -0.25) is 0 Å². The molecule has 1 aromatic rings. The van der Waals surface area contributed by atoms with Crippen LogP contribution in [0.1, 0.15) is 39.2 Å². The highest BCUT2D eigenvalue weighted by molar-refractivity contribution is 5.43. The minimum atomic E-state index is 0.224. The van der Waals surface area contributed by atoms with Gasteiger partial charge in [-0.25, -0.2) is 0 Å². The van der Waals surface area contributed by atoms with E-state index in [9.17, 15) is 0 Å². The van der Waals surface area contributed by atoms with Gasteiger partial charge in [0.25, 0.3) is 0 Å². The quantitative estimate of drug-likeness (QED) is 0.773. The van der Waals surface area contributed by atoms with Crippen molar-refractivity contribution in [1.82, 2.24) is 0 Å². The van der Waals surface area contributed by atoms with E-state index in [1.54, 1.807) is 14.2 Å². The lowest BCUT2D eigenvalue weighted by molar-refractivity contribution is 0.323. The monoisotopic (exact) mass is 222 g/mol. The van der Waals surface area contributed by atoms with Crippen LogP contribution in [0.25, 0.3) is 0 Å². The summed E-state index contributed by atoms with van der Waals surface area (Å²) in [4.78, 5) is 0. The van der Waals surface area contributed by atoms with Crippen LogP contribution in [-0.2, 0) is 0 Å². The lowest BCUT2D eigenvalue weighted by atomic mass is 9.77. The Labute approximate surface area is 98.6 Å². The Kier molecular flexibility index (Phi) is 3.84. The van der Waals surface area contributed by atoms with E-state index in [0.717, 1.165) is 11.5 Å². The number of hydrogen-bond acceptors (Lipinski definition) is 2. The van der Waals surface area contributed by atoms with Crippen molar-refractivity contribution in [3.8, 4) is 11.5 Å². The van der Waals surface area contributed by atoms with Gasteiger partial charge in [-0.15, -0.1) is 0 Å². The van der Waals surface area contributed by atoms with Crippen LogP contribution in [0.2, 0.25) is 0 Å². The normalized spacial score (nSPS) is 13.4. The van der Waals surface area contributed by atoms with Crippen LogP contribution in [0, 0.1) is 5.41 Å². The Morgan fingerprint density at radius 1 is 1.06 bits per heavy atom. The number of methoxy groups -OCH3 is 2. The van der Waals surface area contributed by atoms with Gasteiger partial charge in [-0.1, -0.05) is 33.8 Å². The maximum absolute atomic E-state index is 5.42. The van der Waals surface area contributed by atoms with Crippen molar-refractivity contribution in [2.45, 2.75) is 33.6 Å². The van der Waals surface area contributed by atoms with Crippen molar-refractivity contribution in [3.63, 3.8) is 0 Å². The van der Waals surface area contributed by atoms with E-state index >= 15 is 0 Å². The molecule has 0 aliphatic rings. The molecule has 0 saturated carbocycles. The molecule has 0 radical (unpaired) electrons. The fraction of sp³-hybridized carbons (Fsp3) is 0.571. The van der Waals surface area contributed by atoms with Crippen LogP contribution in [0.5, 0.6) is 11.5 Å². The third-order valence-corrected chi connectivity index (χ3v) is 3.21. The van der Waals surface area contributed by atoms with Crippen molar-refractivity contribution in [2.75, 3.05) is 14.2 Å². The molecule has 1 unspecified atom stereocenters. The fourth-order valence-electron chi connectivity index (χ4n) is 1.64. The van der Waals surface area contributed by atoms with Crippen molar-refractivity contribution in [2.24, 2.45) is 5.41 Å². The molecule has 1 aromatic carbocycles. The largest absolute Gasteiger partial charge is 0.497 e. The summed E-state index contributed by atoms with van der Waals surface area (Å²) in [6, 6.07) is 6.02. The zero-order valence-electron chi connectivity index (χ0n) is 11.1. The number of benzene rings is 1. The van der Waals surface area contributed by atoms with E-state index in [4.69, 9.17) is 9.47 Å². The Morgan fingerprint density at radius 3 is 2.12 bits per heavy atom. The third-order valence-electron chi connectivity index (χ3n) is 3.21. The molecule has 16 heavy (non-hydrogen) atoms. The van der Waals surface area contributed by atoms with Gasteiger partial charge >= 0.3 is 0 Å². The van der Waals surface area contributed by atoms with Crippen LogP contribution >= 0.6 is 0 Å². The van der Waals surface area contributed by atoms with Crippen LogP contribution in [0.15, 0.2) is 18.2 Å². The molecule has 0 N–H and O–H groups in total. The zero-order chi connectivity index (χ0) is 12.3. The maximum Gasteiger partial charge on any atom is 0.126 e. The van der Waals surface area contributed by atoms with Crippen LogP contribution < -0.4 is 9.47 Å².